The highest BCUT2D eigenvalue weighted by Crippen LogP contribution is 2.17. The van der Waals surface area contributed by atoms with Crippen LogP contribution < -0.4 is 10.6 Å². The molecule has 1 atom stereocenters. The summed E-state index contributed by atoms with van der Waals surface area (Å²) in [4.78, 5) is 11.6. The second-order valence-corrected chi connectivity index (χ2v) is 7.97. The van der Waals surface area contributed by atoms with Crippen LogP contribution in [0.25, 0.3) is 0 Å². The minimum absolute atomic E-state index is 0.0774. The van der Waals surface area contributed by atoms with Gasteiger partial charge in [0.25, 0.3) is 0 Å². The summed E-state index contributed by atoms with van der Waals surface area (Å²) in [5.74, 6) is 0.826. The first kappa shape index (κ1) is 18.4. The summed E-state index contributed by atoms with van der Waals surface area (Å²) >= 11 is 0. The first-order valence-corrected chi connectivity index (χ1v) is 7.51. The van der Waals surface area contributed by atoms with Crippen molar-refractivity contribution in [2.75, 3.05) is 13.1 Å². The van der Waals surface area contributed by atoms with E-state index in [2.05, 4.69) is 59.1 Å². The summed E-state index contributed by atoms with van der Waals surface area (Å²) < 4.78 is 0. The number of carbonyl (C=O) groups is 1. The summed E-state index contributed by atoms with van der Waals surface area (Å²) in [5.41, 5.74) is 0.267. The third-order valence-corrected chi connectivity index (χ3v) is 2.87. The van der Waals surface area contributed by atoms with Gasteiger partial charge in [-0.1, -0.05) is 27.7 Å². The Labute approximate surface area is 119 Å². The smallest absolute Gasteiger partial charge is 0.220 e. The molecular weight excluding hydrogens is 236 g/mol. The van der Waals surface area contributed by atoms with E-state index < -0.39 is 0 Å². The minimum Gasteiger partial charge on any atom is -0.356 e. The van der Waals surface area contributed by atoms with Crippen LogP contribution in [0.4, 0.5) is 0 Å². The molecule has 3 nitrogen and oxygen atoms in total. The van der Waals surface area contributed by atoms with Gasteiger partial charge in [-0.2, -0.15) is 0 Å². The zero-order chi connectivity index (χ0) is 15.1. The Balaban J connectivity index is 3.61. The van der Waals surface area contributed by atoms with Gasteiger partial charge in [0, 0.05) is 18.5 Å². The van der Waals surface area contributed by atoms with Crippen molar-refractivity contribution in [3.05, 3.63) is 0 Å². The van der Waals surface area contributed by atoms with Crippen molar-refractivity contribution in [1.82, 2.24) is 10.6 Å². The lowest BCUT2D eigenvalue weighted by atomic mass is 9.92. The van der Waals surface area contributed by atoms with E-state index in [1.165, 1.54) is 0 Å². The monoisotopic (exact) mass is 270 g/mol. The van der Waals surface area contributed by atoms with Crippen LogP contribution in [0.3, 0.4) is 0 Å². The molecule has 0 rings (SSSR count). The molecule has 2 N–H and O–H groups in total. The van der Waals surface area contributed by atoms with E-state index in [-0.39, 0.29) is 16.9 Å². The number of hydrogen-bond donors (Lipinski definition) is 2. The van der Waals surface area contributed by atoms with Crippen LogP contribution in [-0.4, -0.2) is 24.5 Å². The van der Waals surface area contributed by atoms with Gasteiger partial charge in [-0.3, -0.25) is 4.79 Å². The molecule has 0 aromatic carbocycles. The van der Waals surface area contributed by atoms with Gasteiger partial charge in [-0.05, 0) is 51.5 Å². The molecule has 0 aliphatic carbocycles. The standard InChI is InChI=1S/C16H34N2O/c1-13(12-18-16(5,6)7)9-8-10-17-14(19)11-15(2,3)4/h13,18H,8-12H2,1-7H3,(H,17,19). The van der Waals surface area contributed by atoms with Crippen LogP contribution in [-0.2, 0) is 4.79 Å². The van der Waals surface area contributed by atoms with E-state index in [0.717, 1.165) is 25.9 Å². The van der Waals surface area contributed by atoms with Gasteiger partial charge in [0.05, 0.1) is 0 Å². The van der Waals surface area contributed by atoms with Gasteiger partial charge in [0.2, 0.25) is 5.91 Å². The maximum Gasteiger partial charge on any atom is 0.220 e. The molecule has 0 spiro atoms. The molecule has 0 radical (unpaired) electrons. The molecule has 3 heteroatoms. The largest absolute Gasteiger partial charge is 0.356 e. The average Bonchev–Trinajstić information content (AvgIpc) is 2.18. The maximum atomic E-state index is 11.6. The summed E-state index contributed by atoms with van der Waals surface area (Å²) in [6.07, 6.45) is 2.82. The zero-order valence-corrected chi connectivity index (χ0v) is 14.0. The number of rotatable bonds is 7. The van der Waals surface area contributed by atoms with Crippen LogP contribution >= 0.6 is 0 Å². The first-order chi connectivity index (χ1) is 8.49. The molecule has 0 aromatic rings. The third-order valence-electron chi connectivity index (χ3n) is 2.87. The van der Waals surface area contributed by atoms with Crippen LogP contribution in [0, 0.1) is 11.3 Å². The third kappa shape index (κ3) is 13.7. The quantitative estimate of drug-likeness (QED) is 0.697. The molecule has 1 amide bonds. The van der Waals surface area contributed by atoms with Gasteiger partial charge in [-0.15, -0.1) is 0 Å². The number of amides is 1. The van der Waals surface area contributed by atoms with Crippen LogP contribution in [0.5, 0.6) is 0 Å². The fourth-order valence-corrected chi connectivity index (χ4v) is 1.80. The van der Waals surface area contributed by atoms with Crippen molar-refractivity contribution in [2.24, 2.45) is 11.3 Å². The van der Waals surface area contributed by atoms with Gasteiger partial charge in [-0.25, -0.2) is 0 Å². The van der Waals surface area contributed by atoms with Crippen molar-refractivity contribution in [3.63, 3.8) is 0 Å². The molecule has 0 aromatic heterocycles. The summed E-state index contributed by atoms with van der Waals surface area (Å²) in [6.45, 7) is 16.9. The van der Waals surface area contributed by atoms with E-state index in [1.54, 1.807) is 0 Å². The Bertz CT molecular complexity index is 261. The maximum absolute atomic E-state index is 11.6. The Morgan fingerprint density at radius 3 is 2.16 bits per heavy atom. The second kappa shape index (κ2) is 7.88. The van der Waals surface area contributed by atoms with Crippen LogP contribution in [0.1, 0.15) is 67.7 Å². The normalized spacial score (nSPS) is 14.3. The Kier molecular flexibility index (Phi) is 7.65. The molecule has 0 heterocycles. The molecule has 1 unspecified atom stereocenters. The first-order valence-electron chi connectivity index (χ1n) is 7.51. The fourth-order valence-electron chi connectivity index (χ4n) is 1.80. The van der Waals surface area contributed by atoms with Crippen molar-refractivity contribution in [3.8, 4) is 0 Å². The molecule has 19 heavy (non-hydrogen) atoms. The minimum atomic E-state index is 0.0774. The van der Waals surface area contributed by atoms with Gasteiger partial charge < -0.3 is 10.6 Å². The van der Waals surface area contributed by atoms with E-state index in [9.17, 15) is 4.79 Å². The highest BCUT2D eigenvalue weighted by molar-refractivity contribution is 5.76. The van der Waals surface area contributed by atoms with Crippen molar-refractivity contribution < 1.29 is 4.79 Å². The van der Waals surface area contributed by atoms with E-state index in [4.69, 9.17) is 0 Å². The molecule has 0 saturated carbocycles. The van der Waals surface area contributed by atoms with E-state index in [0.29, 0.717) is 12.3 Å². The summed E-state index contributed by atoms with van der Waals surface area (Å²) in [7, 11) is 0. The molecular formula is C16H34N2O. The van der Waals surface area contributed by atoms with E-state index in [1.807, 2.05) is 0 Å². The zero-order valence-electron chi connectivity index (χ0n) is 14.0. The number of nitrogens with one attached hydrogen (secondary N) is 2. The molecule has 0 aliphatic heterocycles. The van der Waals surface area contributed by atoms with Crippen LogP contribution in [0.15, 0.2) is 0 Å². The van der Waals surface area contributed by atoms with Crippen molar-refractivity contribution >= 4 is 5.91 Å². The number of carbonyl (C=O) groups excluding carboxylic acids is 1. The Morgan fingerprint density at radius 1 is 1.11 bits per heavy atom. The highest BCUT2D eigenvalue weighted by Gasteiger charge is 2.15. The topological polar surface area (TPSA) is 41.1 Å². The van der Waals surface area contributed by atoms with Gasteiger partial charge >= 0.3 is 0 Å². The lowest BCUT2D eigenvalue weighted by Crippen LogP contribution is -2.38. The summed E-state index contributed by atoms with van der Waals surface area (Å²) in [5, 5.41) is 6.52. The average molecular weight is 270 g/mol. The van der Waals surface area contributed by atoms with Crippen molar-refractivity contribution in [2.45, 2.75) is 73.3 Å². The van der Waals surface area contributed by atoms with E-state index >= 15 is 0 Å². The number of hydrogen-bond acceptors (Lipinski definition) is 2. The second-order valence-electron chi connectivity index (χ2n) is 7.97. The SMILES string of the molecule is CC(CCCNC(=O)CC(C)(C)C)CNC(C)(C)C. The van der Waals surface area contributed by atoms with Gasteiger partial charge in [0.15, 0.2) is 0 Å². The molecule has 0 saturated heterocycles. The Morgan fingerprint density at radius 2 is 1.68 bits per heavy atom. The highest BCUT2D eigenvalue weighted by atomic mass is 16.1. The predicted molar refractivity (Wildman–Crippen MR) is 83.2 cm³/mol. The molecule has 114 valence electrons. The Hall–Kier alpha value is -0.570. The van der Waals surface area contributed by atoms with Crippen molar-refractivity contribution in [1.29, 1.82) is 0 Å². The molecule has 0 fully saturated rings. The lowest BCUT2D eigenvalue weighted by molar-refractivity contribution is -0.122. The van der Waals surface area contributed by atoms with Crippen LogP contribution in [0.2, 0.25) is 0 Å². The van der Waals surface area contributed by atoms with Gasteiger partial charge in [0.1, 0.15) is 0 Å². The predicted octanol–water partition coefficient (Wildman–Crippen LogP) is 3.34. The lowest BCUT2D eigenvalue weighted by Gasteiger charge is -2.23. The molecule has 0 bridgehead atoms. The molecule has 0 aliphatic rings. The summed E-state index contributed by atoms with van der Waals surface area (Å²) in [6, 6.07) is 0. The fraction of sp³-hybridized carbons (Fsp3) is 0.938.